The van der Waals surface area contributed by atoms with Crippen molar-refractivity contribution in [3.8, 4) is 5.75 Å². The minimum Gasteiger partial charge on any atom is -0.488 e. The second kappa shape index (κ2) is 7.12. The van der Waals surface area contributed by atoms with Gasteiger partial charge in [-0.1, -0.05) is 53.7 Å². The van der Waals surface area contributed by atoms with Crippen LogP contribution in [0.15, 0.2) is 12.1 Å². The predicted molar refractivity (Wildman–Crippen MR) is 112 cm³/mol. The van der Waals surface area contributed by atoms with Crippen molar-refractivity contribution in [1.29, 1.82) is 0 Å². The Morgan fingerprint density at radius 2 is 1.79 bits per heavy atom. The first-order valence-corrected chi connectivity index (χ1v) is 10.4. The number of benzene rings is 1. The molecule has 1 heterocycles. The molecule has 1 aromatic carbocycles. The van der Waals surface area contributed by atoms with Crippen LogP contribution in [0, 0.1) is 0 Å². The van der Waals surface area contributed by atoms with E-state index in [9.17, 15) is 9.59 Å². The third-order valence-electron chi connectivity index (χ3n) is 6.21. The fourth-order valence-corrected chi connectivity index (χ4v) is 4.60. The highest BCUT2D eigenvalue weighted by molar-refractivity contribution is 5.93. The Hall–Kier alpha value is -1.88. The number of esters is 1. The van der Waals surface area contributed by atoms with Crippen LogP contribution in [-0.2, 0) is 35.3 Å². The summed E-state index contributed by atoms with van der Waals surface area (Å²) in [7, 11) is 1.55. The molecule has 29 heavy (non-hydrogen) atoms. The lowest BCUT2D eigenvalue weighted by Crippen LogP contribution is -2.59. The molecule has 0 unspecified atom stereocenters. The summed E-state index contributed by atoms with van der Waals surface area (Å²) in [6, 6.07) is 4.25. The molecule has 0 bridgehead atoms. The number of ketones is 1. The van der Waals surface area contributed by atoms with Gasteiger partial charge in [-0.05, 0) is 23.3 Å². The lowest BCUT2D eigenvalue weighted by Gasteiger charge is -2.41. The van der Waals surface area contributed by atoms with Crippen LogP contribution in [0.5, 0.6) is 5.75 Å². The SMILES string of the molecule is CCOC(=O)[C@]12c3cc(C(C)(C)C)cc(C(C)(C)C)c3O[C@H]1CC(=O)C[C@@H]2OC. The maximum absolute atomic E-state index is 13.5. The third-order valence-corrected chi connectivity index (χ3v) is 6.21. The van der Waals surface area contributed by atoms with E-state index in [0.717, 1.165) is 16.7 Å². The monoisotopic (exact) mass is 402 g/mol. The average molecular weight is 403 g/mol. The summed E-state index contributed by atoms with van der Waals surface area (Å²) in [6.07, 6.45) is -0.864. The summed E-state index contributed by atoms with van der Waals surface area (Å²) in [4.78, 5) is 25.9. The smallest absolute Gasteiger partial charge is 0.323 e. The molecule has 0 amide bonds. The van der Waals surface area contributed by atoms with Crippen LogP contribution in [0.1, 0.15) is 78.0 Å². The highest BCUT2D eigenvalue weighted by Crippen LogP contribution is 2.55. The van der Waals surface area contributed by atoms with E-state index in [4.69, 9.17) is 14.2 Å². The van der Waals surface area contributed by atoms with E-state index in [1.807, 2.05) is 0 Å². The number of hydrogen-bond donors (Lipinski definition) is 0. The van der Waals surface area contributed by atoms with Crippen LogP contribution in [0.4, 0.5) is 0 Å². The Morgan fingerprint density at radius 1 is 1.14 bits per heavy atom. The topological polar surface area (TPSA) is 61.8 Å². The Balaban J connectivity index is 2.37. The molecule has 1 aromatic rings. The fourth-order valence-electron chi connectivity index (χ4n) is 4.60. The maximum Gasteiger partial charge on any atom is 0.323 e. The van der Waals surface area contributed by atoms with Crippen LogP contribution >= 0.6 is 0 Å². The summed E-state index contributed by atoms with van der Waals surface area (Å²) in [5.74, 6) is 0.386. The number of hydrogen-bond acceptors (Lipinski definition) is 5. The van der Waals surface area contributed by atoms with Gasteiger partial charge in [0.25, 0.3) is 0 Å². The molecular formula is C24H34O5. The second-order valence-corrected chi connectivity index (χ2v) is 10.3. The number of ether oxygens (including phenoxy) is 3. The van der Waals surface area contributed by atoms with Gasteiger partial charge in [0.1, 0.15) is 17.6 Å². The van der Waals surface area contributed by atoms with Crippen molar-refractivity contribution in [1.82, 2.24) is 0 Å². The van der Waals surface area contributed by atoms with Gasteiger partial charge in [0.2, 0.25) is 0 Å². The van der Waals surface area contributed by atoms with Gasteiger partial charge < -0.3 is 14.2 Å². The number of rotatable bonds is 3. The minimum absolute atomic E-state index is 0.0444. The maximum atomic E-state index is 13.5. The lowest BCUT2D eigenvalue weighted by molar-refractivity contribution is -0.165. The first-order chi connectivity index (χ1) is 13.4. The number of methoxy groups -OCH3 is 1. The molecule has 0 radical (unpaired) electrons. The van der Waals surface area contributed by atoms with Gasteiger partial charge in [-0.25, -0.2) is 0 Å². The van der Waals surface area contributed by atoms with E-state index in [2.05, 4.69) is 53.7 Å². The first-order valence-electron chi connectivity index (χ1n) is 10.4. The number of Topliss-reactive ketones (excluding diaryl/α,β-unsaturated/α-hetero) is 1. The Morgan fingerprint density at radius 3 is 2.31 bits per heavy atom. The Labute approximate surface area is 174 Å². The second-order valence-electron chi connectivity index (χ2n) is 10.3. The lowest BCUT2D eigenvalue weighted by atomic mass is 9.64. The highest BCUT2D eigenvalue weighted by Gasteiger charge is 2.64. The van der Waals surface area contributed by atoms with E-state index in [1.165, 1.54) is 0 Å². The van der Waals surface area contributed by atoms with Crippen LogP contribution in [0.3, 0.4) is 0 Å². The molecule has 0 aromatic heterocycles. The molecule has 5 nitrogen and oxygen atoms in total. The molecule has 1 saturated carbocycles. The number of carbonyl (C=O) groups excluding carboxylic acids is 2. The molecule has 0 saturated heterocycles. The molecule has 0 spiro atoms. The van der Waals surface area contributed by atoms with Crippen molar-refractivity contribution in [3.63, 3.8) is 0 Å². The zero-order valence-electron chi connectivity index (χ0n) is 19.0. The van der Waals surface area contributed by atoms with Crippen molar-refractivity contribution in [2.24, 2.45) is 0 Å². The number of carbonyl (C=O) groups is 2. The molecule has 5 heteroatoms. The van der Waals surface area contributed by atoms with Gasteiger partial charge in [0, 0.05) is 31.1 Å². The molecule has 0 N–H and O–H groups in total. The summed E-state index contributed by atoms with van der Waals surface area (Å²) < 4.78 is 17.7. The molecule has 1 aliphatic heterocycles. The normalized spacial score (nSPS) is 26.6. The van der Waals surface area contributed by atoms with Gasteiger partial charge >= 0.3 is 5.97 Å². The van der Waals surface area contributed by atoms with Gasteiger partial charge in [-0.3, -0.25) is 9.59 Å². The summed E-state index contributed by atoms with van der Waals surface area (Å²) >= 11 is 0. The standard InChI is InChI=1S/C24H34O5/c1-9-28-21(26)24-17-11-14(22(2,3)4)10-16(23(5,6)7)20(17)29-19(24)13-15(25)12-18(24)27-8/h10-11,18-19H,9,12-13H2,1-8H3/t18-,19-,24-/m0/s1. The molecule has 3 rings (SSSR count). The van der Waals surface area contributed by atoms with Gasteiger partial charge in [0.15, 0.2) is 5.41 Å². The van der Waals surface area contributed by atoms with Crippen molar-refractivity contribution in [2.75, 3.05) is 13.7 Å². The molecule has 2 aliphatic rings. The zero-order valence-corrected chi connectivity index (χ0v) is 19.0. The molecular weight excluding hydrogens is 368 g/mol. The Bertz CT molecular complexity index is 827. The van der Waals surface area contributed by atoms with Crippen molar-refractivity contribution in [2.45, 2.75) is 89.8 Å². The van der Waals surface area contributed by atoms with Crippen molar-refractivity contribution in [3.05, 3.63) is 28.8 Å². The van der Waals surface area contributed by atoms with Crippen LogP contribution in [0.2, 0.25) is 0 Å². The van der Waals surface area contributed by atoms with Gasteiger partial charge in [0.05, 0.1) is 12.7 Å². The van der Waals surface area contributed by atoms with Crippen LogP contribution in [0.25, 0.3) is 0 Å². The largest absolute Gasteiger partial charge is 0.488 e. The van der Waals surface area contributed by atoms with E-state index in [0.29, 0.717) is 5.75 Å². The van der Waals surface area contributed by atoms with E-state index < -0.39 is 17.6 Å². The highest BCUT2D eigenvalue weighted by atomic mass is 16.6. The van der Waals surface area contributed by atoms with Crippen LogP contribution < -0.4 is 4.74 Å². The molecule has 160 valence electrons. The first kappa shape index (κ1) is 21.8. The van der Waals surface area contributed by atoms with E-state index >= 15 is 0 Å². The Kier molecular flexibility index (Phi) is 5.36. The summed E-state index contributed by atoms with van der Waals surface area (Å²) in [6.45, 7) is 14.9. The predicted octanol–water partition coefficient (Wildman–Crippen LogP) is 4.22. The van der Waals surface area contributed by atoms with Crippen LogP contribution in [-0.4, -0.2) is 37.7 Å². The van der Waals surface area contributed by atoms with E-state index in [1.54, 1.807) is 14.0 Å². The number of fused-ring (bicyclic) bond motifs is 3. The van der Waals surface area contributed by atoms with Gasteiger partial charge in [-0.15, -0.1) is 0 Å². The summed E-state index contributed by atoms with van der Waals surface area (Å²) in [5.41, 5.74) is 1.53. The average Bonchev–Trinajstić information content (AvgIpc) is 2.93. The van der Waals surface area contributed by atoms with Gasteiger partial charge in [-0.2, -0.15) is 0 Å². The molecule has 3 atom stereocenters. The third kappa shape index (κ3) is 3.37. The molecule has 1 aliphatic carbocycles. The van der Waals surface area contributed by atoms with Crippen molar-refractivity contribution >= 4 is 11.8 Å². The van der Waals surface area contributed by atoms with E-state index in [-0.39, 0.29) is 42.0 Å². The minimum atomic E-state index is -1.13. The van der Waals surface area contributed by atoms with Crippen molar-refractivity contribution < 1.29 is 23.8 Å². The fraction of sp³-hybridized carbons (Fsp3) is 0.667. The molecule has 1 fully saturated rings. The quantitative estimate of drug-likeness (QED) is 0.709. The zero-order chi connectivity index (χ0) is 21.8. The summed E-state index contributed by atoms with van der Waals surface area (Å²) in [5, 5.41) is 0.